The Labute approximate surface area is 103 Å². The zero-order valence-electron chi connectivity index (χ0n) is 10.5. The van der Waals surface area contributed by atoms with Crippen molar-refractivity contribution >= 4 is 16.0 Å². The Morgan fingerprint density at radius 2 is 2.00 bits per heavy atom. The summed E-state index contributed by atoms with van der Waals surface area (Å²) in [5.74, 6) is 0.614. The van der Waals surface area contributed by atoms with Crippen LogP contribution in [0.15, 0.2) is 0 Å². The van der Waals surface area contributed by atoms with Gasteiger partial charge in [-0.25, -0.2) is 0 Å². The van der Waals surface area contributed by atoms with Gasteiger partial charge in [0.15, 0.2) is 0 Å². The molecule has 1 aliphatic heterocycles. The summed E-state index contributed by atoms with van der Waals surface area (Å²) in [4.78, 5) is 0. The molecule has 1 heterocycles. The number of piperidine rings is 1. The zero-order chi connectivity index (χ0) is 13.1. The van der Waals surface area contributed by atoms with Crippen molar-refractivity contribution in [1.82, 2.24) is 8.61 Å². The van der Waals surface area contributed by atoms with Gasteiger partial charge in [-0.05, 0) is 18.8 Å². The second-order valence-corrected chi connectivity index (χ2v) is 6.72. The van der Waals surface area contributed by atoms with Crippen LogP contribution in [0.2, 0.25) is 0 Å². The summed E-state index contributed by atoms with van der Waals surface area (Å²) in [6.07, 6.45) is 2.11. The average molecular weight is 262 g/mol. The summed E-state index contributed by atoms with van der Waals surface area (Å²) in [7, 11) is -1.83. The van der Waals surface area contributed by atoms with E-state index in [1.807, 2.05) is 0 Å². The Morgan fingerprint density at radius 1 is 1.47 bits per heavy atom. The van der Waals surface area contributed by atoms with Crippen LogP contribution in [0.4, 0.5) is 0 Å². The largest absolute Gasteiger partial charge is 0.388 e. The van der Waals surface area contributed by atoms with E-state index in [0.717, 1.165) is 12.8 Å². The molecule has 1 rings (SSSR count). The van der Waals surface area contributed by atoms with Crippen molar-refractivity contribution in [3.05, 3.63) is 0 Å². The van der Waals surface area contributed by atoms with Gasteiger partial charge in [-0.3, -0.25) is 5.41 Å². The molecular formula is C10H22N4O2S. The molecule has 0 bridgehead atoms. The Morgan fingerprint density at radius 3 is 2.47 bits per heavy atom. The first kappa shape index (κ1) is 14.4. The quantitative estimate of drug-likeness (QED) is 0.548. The number of hydrogen-bond acceptors (Lipinski definition) is 3. The molecule has 0 aromatic rings. The molecule has 1 fully saturated rings. The zero-order valence-corrected chi connectivity index (χ0v) is 11.3. The van der Waals surface area contributed by atoms with Crippen molar-refractivity contribution in [2.45, 2.75) is 26.2 Å². The summed E-state index contributed by atoms with van der Waals surface area (Å²) in [6, 6.07) is 0. The van der Waals surface area contributed by atoms with Crippen LogP contribution in [0.25, 0.3) is 0 Å². The summed E-state index contributed by atoms with van der Waals surface area (Å²) < 4.78 is 27.1. The minimum atomic E-state index is -3.37. The van der Waals surface area contributed by atoms with E-state index in [0.29, 0.717) is 19.0 Å². The fraction of sp³-hybridized carbons (Fsp3) is 0.900. The minimum Gasteiger partial charge on any atom is -0.388 e. The lowest BCUT2D eigenvalue weighted by Crippen LogP contribution is -2.46. The van der Waals surface area contributed by atoms with Gasteiger partial charge in [-0.2, -0.15) is 17.0 Å². The van der Waals surface area contributed by atoms with Crippen LogP contribution in [-0.2, 0) is 10.2 Å². The normalized spacial score (nSPS) is 19.7. The van der Waals surface area contributed by atoms with Gasteiger partial charge in [0.2, 0.25) is 0 Å². The molecule has 0 amide bonds. The van der Waals surface area contributed by atoms with E-state index in [1.54, 1.807) is 0 Å². The van der Waals surface area contributed by atoms with E-state index in [1.165, 1.54) is 15.7 Å². The Hall–Kier alpha value is -0.660. The fourth-order valence-electron chi connectivity index (χ4n) is 1.81. The predicted molar refractivity (Wildman–Crippen MR) is 68.1 cm³/mol. The van der Waals surface area contributed by atoms with Gasteiger partial charge in [0.25, 0.3) is 10.2 Å². The SMILES string of the molecule is CC1CCN(S(=O)(=O)N(C)CCC(=N)N)CC1. The van der Waals surface area contributed by atoms with Crippen molar-refractivity contribution in [2.24, 2.45) is 11.7 Å². The van der Waals surface area contributed by atoms with Crippen LogP contribution in [0.3, 0.4) is 0 Å². The molecule has 0 aromatic heterocycles. The summed E-state index contributed by atoms with van der Waals surface area (Å²) in [5, 5.41) is 7.11. The van der Waals surface area contributed by atoms with E-state index in [4.69, 9.17) is 11.1 Å². The van der Waals surface area contributed by atoms with Crippen LogP contribution < -0.4 is 5.73 Å². The maximum absolute atomic E-state index is 12.1. The van der Waals surface area contributed by atoms with Gasteiger partial charge in [0.05, 0.1) is 5.84 Å². The lowest BCUT2D eigenvalue weighted by atomic mass is 10.0. The maximum atomic E-state index is 12.1. The Kier molecular flexibility index (Phi) is 4.91. The lowest BCUT2D eigenvalue weighted by molar-refractivity contribution is 0.271. The minimum absolute atomic E-state index is 0.0133. The maximum Gasteiger partial charge on any atom is 0.281 e. The molecule has 0 radical (unpaired) electrons. The number of hydrogen-bond donors (Lipinski definition) is 2. The van der Waals surface area contributed by atoms with Crippen molar-refractivity contribution in [3.8, 4) is 0 Å². The molecule has 17 heavy (non-hydrogen) atoms. The number of nitrogens with two attached hydrogens (primary N) is 1. The number of nitrogens with zero attached hydrogens (tertiary/aromatic N) is 2. The van der Waals surface area contributed by atoms with Gasteiger partial charge in [-0.15, -0.1) is 0 Å². The Bertz CT molecular complexity index is 361. The second kappa shape index (κ2) is 5.79. The molecule has 3 N–H and O–H groups in total. The molecule has 0 spiro atoms. The van der Waals surface area contributed by atoms with Gasteiger partial charge < -0.3 is 5.73 Å². The number of amidine groups is 1. The second-order valence-electron chi connectivity index (χ2n) is 4.69. The van der Waals surface area contributed by atoms with Gasteiger partial charge in [0, 0.05) is 33.1 Å². The van der Waals surface area contributed by atoms with Crippen molar-refractivity contribution in [3.63, 3.8) is 0 Å². The highest BCUT2D eigenvalue weighted by molar-refractivity contribution is 7.86. The van der Waals surface area contributed by atoms with Crippen LogP contribution in [0, 0.1) is 11.3 Å². The van der Waals surface area contributed by atoms with Crippen molar-refractivity contribution < 1.29 is 8.42 Å². The van der Waals surface area contributed by atoms with Crippen LogP contribution in [0.1, 0.15) is 26.2 Å². The summed E-state index contributed by atoms with van der Waals surface area (Å²) >= 11 is 0. The summed E-state index contributed by atoms with van der Waals surface area (Å²) in [5.41, 5.74) is 5.23. The summed E-state index contributed by atoms with van der Waals surface area (Å²) in [6.45, 7) is 3.59. The fourth-order valence-corrected chi connectivity index (χ4v) is 3.19. The topological polar surface area (TPSA) is 90.5 Å². The standard InChI is InChI=1S/C10H22N4O2S/c1-9-3-7-14(8-4-9)17(15,16)13(2)6-5-10(11)12/h9H,3-8H2,1-2H3,(H3,11,12). The average Bonchev–Trinajstić information content (AvgIpc) is 2.26. The molecule has 0 saturated carbocycles. The molecule has 6 nitrogen and oxygen atoms in total. The third kappa shape index (κ3) is 3.93. The highest BCUT2D eigenvalue weighted by Gasteiger charge is 2.29. The first-order valence-electron chi connectivity index (χ1n) is 5.88. The first-order chi connectivity index (χ1) is 7.84. The molecule has 0 unspecified atom stereocenters. The number of rotatable bonds is 5. The van der Waals surface area contributed by atoms with Crippen molar-refractivity contribution in [1.29, 1.82) is 5.41 Å². The molecule has 0 atom stereocenters. The molecule has 1 saturated heterocycles. The third-order valence-electron chi connectivity index (χ3n) is 3.16. The lowest BCUT2D eigenvalue weighted by Gasteiger charge is -2.32. The van der Waals surface area contributed by atoms with E-state index in [2.05, 4.69) is 6.92 Å². The molecule has 100 valence electrons. The van der Waals surface area contributed by atoms with Crippen LogP contribution in [0.5, 0.6) is 0 Å². The monoisotopic (exact) mass is 262 g/mol. The third-order valence-corrected chi connectivity index (χ3v) is 5.15. The predicted octanol–water partition coefficient (Wildman–Crippen LogP) is 0.221. The van der Waals surface area contributed by atoms with Gasteiger partial charge in [0.1, 0.15) is 0 Å². The smallest absolute Gasteiger partial charge is 0.281 e. The molecule has 0 aromatic carbocycles. The highest BCUT2D eigenvalue weighted by Crippen LogP contribution is 2.20. The highest BCUT2D eigenvalue weighted by atomic mass is 32.2. The number of nitrogens with one attached hydrogen (secondary N) is 1. The van der Waals surface area contributed by atoms with E-state index in [-0.39, 0.29) is 18.8 Å². The molecule has 7 heteroatoms. The Balaban J connectivity index is 2.57. The van der Waals surface area contributed by atoms with E-state index < -0.39 is 10.2 Å². The van der Waals surface area contributed by atoms with Crippen molar-refractivity contribution in [2.75, 3.05) is 26.7 Å². The molecule has 1 aliphatic rings. The molecule has 0 aliphatic carbocycles. The van der Waals surface area contributed by atoms with Crippen LogP contribution >= 0.6 is 0 Å². The van der Waals surface area contributed by atoms with E-state index >= 15 is 0 Å². The van der Waals surface area contributed by atoms with Gasteiger partial charge in [-0.1, -0.05) is 6.92 Å². The molecular weight excluding hydrogens is 240 g/mol. The van der Waals surface area contributed by atoms with Gasteiger partial charge >= 0.3 is 0 Å². The van der Waals surface area contributed by atoms with Crippen LogP contribution in [-0.4, -0.2) is 49.5 Å². The van der Waals surface area contributed by atoms with E-state index in [9.17, 15) is 8.42 Å². The first-order valence-corrected chi connectivity index (χ1v) is 7.28.